The molecule has 2 N–H and O–H groups in total. The van der Waals surface area contributed by atoms with Crippen molar-refractivity contribution in [3.05, 3.63) is 24.3 Å². The molecule has 206 valence electrons. The van der Waals surface area contributed by atoms with Gasteiger partial charge in [-0.25, -0.2) is 4.79 Å². The normalized spacial score (nSPS) is 24.1. The number of carbonyl (C=O) groups is 2. The van der Waals surface area contributed by atoms with Crippen LogP contribution in [-0.4, -0.2) is 84.4 Å². The second-order valence-corrected chi connectivity index (χ2v) is 12.1. The zero-order valence-corrected chi connectivity index (χ0v) is 23.0. The van der Waals surface area contributed by atoms with Crippen LogP contribution in [0.3, 0.4) is 0 Å². The van der Waals surface area contributed by atoms with Crippen LogP contribution in [0.2, 0.25) is 0 Å². The number of aliphatic hydroxyl groups excluding tert-OH is 1. The molecule has 1 saturated carbocycles. The van der Waals surface area contributed by atoms with Gasteiger partial charge in [0.05, 0.1) is 6.10 Å². The van der Waals surface area contributed by atoms with E-state index < -0.39 is 5.60 Å². The monoisotopic (exact) mass is 514 g/mol. The van der Waals surface area contributed by atoms with Gasteiger partial charge in [0, 0.05) is 56.6 Å². The number of anilines is 2. The maximum atomic E-state index is 12.5. The fourth-order valence-corrected chi connectivity index (χ4v) is 5.66. The van der Waals surface area contributed by atoms with Gasteiger partial charge in [-0.2, -0.15) is 0 Å². The third kappa shape index (κ3) is 8.34. The van der Waals surface area contributed by atoms with E-state index in [4.69, 9.17) is 4.74 Å². The second-order valence-electron chi connectivity index (χ2n) is 12.1. The Morgan fingerprint density at radius 1 is 0.919 bits per heavy atom. The molecule has 8 nitrogen and oxygen atoms in total. The molecule has 1 aromatic carbocycles. The second kappa shape index (κ2) is 12.5. The van der Waals surface area contributed by atoms with Gasteiger partial charge < -0.3 is 25.0 Å². The van der Waals surface area contributed by atoms with Crippen LogP contribution in [0.25, 0.3) is 0 Å². The predicted octanol–water partition coefficient (Wildman–Crippen LogP) is 4.34. The van der Waals surface area contributed by atoms with E-state index in [1.54, 1.807) is 0 Å². The number of hydrogen-bond acceptors (Lipinski definition) is 6. The first kappa shape index (κ1) is 27.7. The Kier molecular flexibility index (Phi) is 9.35. The Hall–Kier alpha value is -2.32. The Bertz CT molecular complexity index is 876. The van der Waals surface area contributed by atoms with Crippen molar-refractivity contribution in [2.75, 3.05) is 56.0 Å². The highest BCUT2D eigenvalue weighted by Gasteiger charge is 2.28. The molecule has 0 unspecified atom stereocenters. The highest BCUT2D eigenvalue weighted by atomic mass is 16.6. The zero-order valence-electron chi connectivity index (χ0n) is 23.0. The molecule has 1 aliphatic carbocycles. The first-order chi connectivity index (χ1) is 17.7. The fraction of sp³-hybridized carbons (Fsp3) is 0.724. The molecule has 3 fully saturated rings. The minimum Gasteiger partial charge on any atom is -0.444 e. The minimum atomic E-state index is -0.436. The lowest BCUT2D eigenvalue weighted by Gasteiger charge is -2.38. The molecular formula is C29H46N4O4. The molecule has 1 aromatic rings. The van der Waals surface area contributed by atoms with Crippen molar-refractivity contribution in [1.29, 1.82) is 0 Å². The number of nitrogens with one attached hydrogen (secondary N) is 1. The van der Waals surface area contributed by atoms with Crippen molar-refractivity contribution in [2.45, 2.75) is 77.4 Å². The van der Waals surface area contributed by atoms with Crippen LogP contribution in [0.15, 0.2) is 24.3 Å². The van der Waals surface area contributed by atoms with Gasteiger partial charge in [0.2, 0.25) is 5.91 Å². The van der Waals surface area contributed by atoms with E-state index >= 15 is 0 Å². The lowest BCUT2D eigenvalue weighted by molar-refractivity contribution is -0.121. The number of likely N-dealkylation sites (tertiary alicyclic amines) is 1. The molecule has 4 rings (SSSR count). The number of ether oxygens (including phenoxy) is 1. The molecule has 2 amide bonds. The van der Waals surface area contributed by atoms with Gasteiger partial charge in [-0.1, -0.05) is 0 Å². The van der Waals surface area contributed by atoms with E-state index in [0.717, 1.165) is 90.0 Å². The summed E-state index contributed by atoms with van der Waals surface area (Å²) in [5.74, 6) is 0.760. The number of hydrogen-bond donors (Lipinski definition) is 2. The summed E-state index contributed by atoms with van der Waals surface area (Å²) >= 11 is 0. The van der Waals surface area contributed by atoms with Crippen molar-refractivity contribution in [3.8, 4) is 0 Å². The Morgan fingerprint density at radius 2 is 1.54 bits per heavy atom. The molecule has 3 aliphatic rings. The van der Waals surface area contributed by atoms with Gasteiger partial charge in [-0.15, -0.1) is 0 Å². The van der Waals surface area contributed by atoms with Gasteiger partial charge >= 0.3 is 6.09 Å². The molecule has 0 bridgehead atoms. The molecule has 2 aliphatic heterocycles. The van der Waals surface area contributed by atoms with Crippen LogP contribution in [-0.2, 0) is 9.53 Å². The minimum absolute atomic E-state index is 0.00803. The van der Waals surface area contributed by atoms with Gasteiger partial charge in [0.1, 0.15) is 5.60 Å². The molecule has 2 heterocycles. The van der Waals surface area contributed by atoms with Crippen LogP contribution in [0, 0.1) is 11.8 Å². The predicted molar refractivity (Wildman–Crippen MR) is 147 cm³/mol. The summed E-state index contributed by atoms with van der Waals surface area (Å²) in [5, 5.41) is 12.7. The van der Waals surface area contributed by atoms with Crippen LogP contribution < -0.4 is 10.2 Å². The third-order valence-electron chi connectivity index (χ3n) is 8.06. The molecule has 0 aromatic heterocycles. The number of piperazine rings is 1. The molecule has 0 atom stereocenters. The maximum absolute atomic E-state index is 12.5. The molecule has 8 heteroatoms. The number of carbonyl (C=O) groups excluding carboxylic acids is 2. The highest BCUT2D eigenvalue weighted by molar-refractivity contribution is 5.92. The SMILES string of the molecule is CC(C)(C)OC(=O)N1CCC(CCN2CCN(c3ccc(NC(=O)C4CCC(O)CC4)cc3)CC2)CC1. The summed E-state index contributed by atoms with van der Waals surface area (Å²) in [4.78, 5) is 31.7. The van der Waals surface area contributed by atoms with E-state index in [1.807, 2.05) is 37.8 Å². The lowest BCUT2D eigenvalue weighted by atomic mass is 9.87. The highest BCUT2D eigenvalue weighted by Crippen LogP contribution is 2.27. The van der Waals surface area contributed by atoms with Gasteiger partial charge in [-0.05, 0) is 102 Å². The Balaban J connectivity index is 1.13. The van der Waals surface area contributed by atoms with Crippen molar-refractivity contribution in [2.24, 2.45) is 11.8 Å². The van der Waals surface area contributed by atoms with Gasteiger partial charge in [0.25, 0.3) is 0 Å². The molecular weight excluding hydrogens is 468 g/mol. The number of aliphatic hydroxyl groups is 1. The largest absolute Gasteiger partial charge is 0.444 e. The van der Waals surface area contributed by atoms with E-state index in [0.29, 0.717) is 5.92 Å². The number of amides is 2. The standard InChI is InChI=1S/C29H46N4O4/c1-29(2,3)37-28(36)33-16-13-22(14-17-33)12-15-31-18-20-32(21-19-31)25-8-6-24(7-9-25)30-27(35)23-4-10-26(34)11-5-23/h6-9,22-23,26,34H,4-5,10-21H2,1-3H3,(H,30,35). The summed E-state index contributed by atoms with van der Waals surface area (Å²) in [6, 6.07) is 8.21. The first-order valence-corrected chi connectivity index (χ1v) is 14.2. The van der Waals surface area contributed by atoms with Crippen LogP contribution >= 0.6 is 0 Å². The van der Waals surface area contributed by atoms with E-state index in [2.05, 4.69) is 27.2 Å². The van der Waals surface area contributed by atoms with Crippen molar-refractivity contribution >= 4 is 23.4 Å². The Labute approximate surface area is 222 Å². The summed E-state index contributed by atoms with van der Waals surface area (Å²) in [6.45, 7) is 12.6. The van der Waals surface area contributed by atoms with Crippen molar-refractivity contribution < 1.29 is 19.4 Å². The molecule has 0 radical (unpaired) electrons. The lowest BCUT2D eigenvalue weighted by Crippen LogP contribution is -2.47. The quantitative estimate of drug-likeness (QED) is 0.588. The molecule has 2 saturated heterocycles. The van der Waals surface area contributed by atoms with Crippen LogP contribution in [0.4, 0.5) is 16.2 Å². The van der Waals surface area contributed by atoms with Gasteiger partial charge in [-0.3, -0.25) is 9.69 Å². The topological polar surface area (TPSA) is 85.4 Å². The fourth-order valence-electron chi connectivity index (χ4n) is 5.66. The smallest absolute Gasteiger partial charge is 0.410 e. The van der Waals surface area contributed by atoms with Crippen LogP contribution in [0.5, 0.6) is 0 Å². The first-order valence-electron chi connectivity index (χ1n) is 14.2. The van der Waals surface area contributed by atoms with E-state index in [-0.39, 0.29) is 24.0 Å². The third-order valence-corrected chi connectivity index (χ3v) is 8.06. The number of nitrogens with zero attached hydrogens (tertiary/aromatic N) is 3. The van der Waals surface area contributed by atoms with Crippen molar-refractivity contribution in [3.63, 3.8) is 0 Å². The van der Waals surface area contributed by atoms with Gasteiger partial charge in [0.15, 0.2) is 0 Å². The van der Waals surface area contributed by atoms with E-state index in [1.165, 1.54) is 12.1 Å². The average molecular weight is 515 g/mol. The summed E-state index contributed by atoms with van der Waals surface area (Å²) < 4.78 is 5.51. The maximum Gasteiger partial charge on any atom is 0.410 e. The molecule has 0 spiro atoms. The zero-order chi connectivity index (χ0) is 26.4. The summed E-state index contributed by atoms with van der Waals surface area (Å²) in [6.07, 6.45) is 5.86. The Morgan fingerprint density at radius 3 is 2.14 bits per heavy atom. The summed E-state index contributed by atoms with van der Waals surface area (Å²) in [5.41, 5.74) is 1.61. The van der Waals surface area contributed by atoms with E-state index in [9.17, 15) is 14.7 Å². The summed E-state index contributed by atoms with van der Waals surface area (Å²) in [7, 11) is 0. The average Bonchev–Trinajstić information content (AvgIpc) is 2.88. The number of benzene rings is 1. The number of rotatable bonds is 6. The number of piperidine rings is 1. The van der Waals surface area contributed by atoms with Crippen molar-refractivity contribution in [1.82, 2.24) is 9.80 Å². The van der Waals surface area contributed by atoms with Crippen LogP contribution in [0.1, 0.15) is 65.7 Å². The molecule has 37 heavy (non-hydrogen) atoms.